The van der Waals surface area contributed by atoms with Crippen molar-refractivity contribution in [3.63, 3.8) is 0 Å². The standard InChI is InChI=1S/C33H44Cl2N6O/c1-38-10-12-39(13-11-38)8-3-9-41(32-36-30-20-28(34)29(35)21-31(30)37-32)27-6-7-33(22-26(33)19-27)25-5-2-4-24(18-25)23-40-14-16-42-17-15-40/h2,4-5,18,20-21,26-27H,3,6-17,19,22-23H2,1H3,(H,36,37)/t26?,27-,33-/m1/s1. The third kappa shape index (κ3) is 6.06. The molecule has 1 aromatic heterocycles. The van der Waals surface area contributed by atoms with Crippen LogP contribution in [0.2, 0.25) is 10.0 Å². The molecule has 3 atom stereocenters. The van der Waals surface area contributed by atoms with Crippen LogP contribution in [0.15, 0.2) is 36.4 Å². The Balaban J connectivity index is 1.06. The van der Waals surface area contributed by atoms with E-state index in [1.54, 1.807) is 5.56 Å². The number of hydrogen-bond donors (Lipinski definition) is 1. The number of benzene rings is 2. The molecular weight excluding hydrogens is 567 g/mol. The van der Waals surface area contributed by atoms with Crippen LogP contribution < -0.4 is 4.90 Å². The first kappa shape index (κ1) is 28.9. The molecule has 42 heavy (non-hydrogen) atoms. The fourth-order valence-electron chi connectivity index (χ4n) is 7.77. The largest absolute Gasteiger partial charge is 0.379 e. The van der Waals surface area contributed by atoms with Gasteiger partial charge in [0.25, 0.3) is 0 Å². The summed E-state index contributed by atoms with van der Waals surface area (Å²) in [5.41, 5.74) is 5.21. The number of piperazine rings is 1. The van der Waals surface area contributed by atoms with E-state index >= 15 is 0 Å². The van der Waals surface area contributed by atoms with E-state index in [-0.39, 0.29) is 0 Å². The quantitative estimate of drug-likeness (QED) is 0.337. The summed E-state index contributed by atoms with van der Waals surface area (Å²) < 4.78 is 5.56. The van der Waals surface area contributed by atoms with E-state index in [0.29, 0.717) is 21.5 Å². The van der Waals surface area contributed by atoms with Crippen LogP contribution in [0.4, 0.5) is 5.95 Å². The minimum atomic E-state index is 0.359. The summed E-state index contributed by atoms with van der Waals surface area (Å²) in [5, 5.41) is 1.12. The highest BCUT2D eigenvalue weighted by Crippen LogP contribution is 2.63. The zero-order chi connectivity index (χ0) is 28.7. The van der Waals surface area contributed by atoms with Crippen molar-refractivity contribution in [1.29, 1.82) is 0 Å². The van der Waals surface area contributed by atoms with Crippen LogP contribution in [-0.4, -0.2) is 103 Å². The zero-order valence-corrected chi connectivity index (χ0v) is 26.3. The van der Waals surface area contributed by atoms with Crippen LogP contribution in [-0.2, 0) is 16.7 Å². The maximum atomic E-state index is 6.36. The molecule has 0 amide bonds. The number of aromatic nitrogens is 2. The molecule has 2 saturated heterocycles. The number of imidazole rings is 1. The Hall–Kier alpha value is -1.87. The summed E-state index contributed by atoms with van der Waals surface area (Å²) in [6, 6.07) is 13.8. The number of halogens is 2. The van der Waals surface area contributed by atoms with E-state index < -0.39 is 0 Å². The molecule has 2 aliphatic heterocycles. The summed E-state index contributed by atoms with van der Waals surface area (Å²) in [4.78, 5) is 18.8. The number of nitrogens with zero attached hydrogens (tertiary/aromatic N) is 5. The smallest absolute Gasteiger partial charge is 0.204 e. The van der Waals surface area contributed by atoms with Gasteiger partial charge >= 0.3 is 0 Å². The van der Waals surface area contributed by atoms with Crippen molar-refractivity contribution in [2.75, 3.05) is 77.5 Å². The number of ether oxygens (including phenoxy) is 1. The van der Waals surface area contributed by atoms with Gasteiger partial charge in [0.05, 0.1) is 34.3 Å². The SMILES string of the molecule is CN1CCN(CCCN(c2nc3cc(Cl)c(Cl)cc3[nH]2)[C@@H]2CC[C@]3(c4cccc(CN5CCOCC5)c4)CC3C2)CC1. The van der Waals surface area contributed by atoms with Crippen molar-refractivity contribution in [3.05, 3.63) is 57.6 Å². The number of likely N-dealkylation sites (N-methyl/N-ethyl adjacent to an activating group) is 1. The Morgan fingerprint density at radius 3 is 2.64 bits per heavy atom. The van der Waals surface area contributed by atoms with Crippen molar-refractivity contribution in [1.82, 2.24) is 24.7 Å². The molecule has 2 aliphatic carbocycles. The highest BCUT2D eigenvalue weighted by atomic mass is 35.5. The number of hydrogen-bond acceptors (Lipinski definition) is 6. The van der Waals surface area contributed by atoms with Crippen LogP contribution in [0.25, 0.3) is 11.0 Å². The second-order valence-electron chi connectivity index (χ2n) is 13.1. The molecule has 7 rings (SSSR count). The first-order valence-electron chi connectivity index (χ1n) is 15.9. The van der Waals surface area contributed by atoms with Gasteiger partial charge in [-0.1, -0.05) is 47.5 Å². The molecule has 0 radical (unpaired) electrons. The van der Waals surface area contributed by atoms with Crippen LogP contribution in [0.1, 0.15) is 43.2 Å². The molecule has 1 N–H and O–H groups in total. The lowest BCUT2D eigenvalue weighted by atomic mass is 9.80. The Bertz CT molecular complexity index is 1350. The minimum Gasteiger partial charge on any atom is -0.379 e. The molecule has 3 aromatic rings. The molecule has 226 valence electrons. The number of H-pyrrole nitrogens is 1. The van der Waals surface area contributed by atoms with E-state index in [2.05, 4.69) is 55.9 Å². The molecule has 9 heteroatoms. The van der Waals surface area contributed by atoms with E-state index in [9.17, 15) is 0 Å². The molecule has 1 unspecified atom stereocenters. The van der Waals surface area contributed by atoms with Gasteiger partial charge in [-0.15, -0.1) is 0 Å². The second kappa shape index (κ2) is 12.3. The first-order chi connectivity index (χ1) is 20.5. The predicted molar refractivity (Wildman–Crippen MR) is 172 cm³/mol. The number of anilines is 1. The predicted octanol–water partition coefficient (Wildman–Crippen LogP) is 5.66. The number of rotatable bonds is 9. The van der Waals surface area contributed by atoms with Crippen LogP contribution in [0.5, 0.6) is 0 Å². The van der Waals surface area contributed by atoms with Crippen LogP contribution >= 0.6 is 23.2 Å². The monoisotopic (exact) mass is 610 g/mol. The third-order valence-corrected chi connectivity index (χ3v) is 11.1. The normalized spacial score (nSPS) is 27.3. The second-order valence-corrected chi connectivity index (χ2v) is 13.9. The van der Waals surface area contributed by atoms with Gasteiger partial charge in [0.1, 0.15) is 0 Å². The number of aromatic amines is 1. The van der Waals surface area contributed by atoms with E-state index in [1.165, 1.54) is 31.2 Å². The Kier molecular flexibility index (Phi) is 8.43. The van der Waals surface area contributed by atoms with Crippen molar-refractivity contribution in [3.8, 4) is 0 Å². The summed E-state index contributed by atoms with van der Waals surface area (Å²) in [5.74, 6) is 1.70. The Morgan fingerprint density at radius 1 is 1.02 bits per heavy atom. The van der Waals surface area contributed by atoms with Gasteiger partial charge < -0.3 is 24.4 Å². The maximum Gasteiger partial charge on any atom is 0.204 e. The van der Waals surface area contributed by atoms with Crippen molar-refractivity contribution in [2.24, 2.45) is 5.92 Å². The zero-order valence-electron chi connectivity index (χ0n) is 24.8. The van der Waals surface area contributed by atoms with Crippen LogP contribution in [0, 0.1) is 5.92 Å². The van der Waals surface area contributed by atoms with Gasteiger partial charge in [-0.3, -0.25) is 4.90 Å². The summed E-state index contributed by atoms with van der Waals surface area (Å²) in [6.45, 7) is 11.6. The van der Waals surface area contributed by atoms with Crippen molar-refractivity contribution < 1.29 is 4.74 Å². The van der Waals surface area contributed by atoms with Gasteiger partial charge in [0.2, 0.25) is 5.95 Å². The topological polar surface area (TPSA) is 50.9 Å². The molecule has 4 aliphatic rings. The van der Waals surface area contributed by atoms with Gasteiger partial charge in [-0.2, -0.15) is 0 Å². The molecule has 0 bridgehead atoms. The Labute approximate surface area is 260 Å². The lowest BCUT2D eigenvalue weighted by molar-refractivity contribution is 0.0342. The lowest BCUT2D eigenvalue weighted by Gasteiger charge is -2.38. The third-order valence-electron chi connectivity index (χ3n) is 10.4. The van der Waals surface area contributed by atoms with Crippen molar-refractivity contribution >= 4 is 40.2 Å². The molecule has 2 saturated carbocycles. The van der Waals surface area contributed by atoms with Gasteiger partial charge in [0, 0.05) is 58.4 Å². The van der Waals surface area contributed by atoms with E-state index in [4.69, 9.17) is 32.9 Å². The molecule has 3 heterocycles. The van der Waals surface area contributed by atoms with Crippen molar-refractivity contribution in [2.45, 2.75) is 50.1 Å². The van der Waals surface area contributed by atoms with E-state index in [0.717, 1.165) is 101 Å². The summed E-state index contributed by atoms with van der Waals surface area (Å²) >= 11 is 12.7. The Morgan fingerprint density at radius 2 is 1.83 bits per heavy atom. The first-order valence-corrected chi connectivity index (χ1v) is 16.6. The van der Waals surface area contributed by atoms with Crippen LogP contribution in [0.3, 0.4) is 0 Å². The summed E-state index contributed by atoms with van der Waals surface area (Å²) in [6.07, 6.45) is 6.11. The average Bonchev–Trinajstić information content (AvgIpc) is 3.62. The summed E-state index contributed by atoms with van der Waals surface area (Å²) in [7, 11) is 2.22. The molecule has 7 nitrogen and oxygen atoms in total. The minimum absolute atomic E-state index is 0.359. The fraction of sp³-hybridized carbons (Fsp3) is 0.606. The molecule has 2 aromatic carbocycles. The molecule has 0 spiro atoms. The number of morpholine rings is 1. The van der Waals surface area contributed by atoms with Gasteiger partial charge in [-0.05, 0) is 80.3 Å². The van der Waals surface area contributed by atoms with Gasteiger partial charge in [-0.25, -0.2) is 4.98 Å². The average molecular weight is 612 g/mol. The highest BCUT2D eigenvalue weighted by molar-refractivity contribution is 6.42. The fourth-order valence-corrected chi connectivity index (χ4v) is 8.09. The molecular formula is C33H44Cl2N6O. The number of fused-ring (bicyclic) bond motifs is 2. The lowest BCUT2D eigenvalue weighted by Crippen LogP contribution is -2.46. The highest BCUT2D eigenvalue weighted by Gasteiger charge is 2.58. The van der Waals surface area contributed by atoms with E-state index in [1.807, 2.05) is 12.1 Å². The maximum absolute atomic E-state index is 6.36. The van der Waals surface area contributed by atoms with Gasteiger partial charge in [0.15, 0.2) is 0 Å². The molecule has 4 fully saturated rings. The number of nitrogens with one attached hydrogen (secondary N) is 1.